The van der Waals surface area contributed by atoms with Crippen LogP contribution in [0, 0.1) is 0 Å². The van der Waals surface area contributed by atoms with Gasteiger partial charge in [0.25, 0.3) is 0 Å². The number of rotatable bonds is 4. The summed E-state index contributed by atoms with van der Waals surface area (Å²) >= 11 is 0. The molecular weight excluding hydrogens is 745 g/mol. The van der Waals surface area contributed by atoms with Crippen LogP contribution in [-0.2, 0) is 18.3 Å². The third-order valence-corrected chi connectivity index (χ3v) is 14.9. The third-order valence-electron chi connectivity index (χ3n) is 14.9. The van der Waals surface area contributed by atoms with Gasteiger partial charge in [-0.15, -0.1) is 0 Å². The molecule has 1 atom stereocenters. The molecule has 4 aliphatic rings. The molecule has 14 rings (SSSR count). The molecule has 0 nitrogen and oxygen atoms in total. The fourth-order valence-corrected chi connectivity index (χ4v) is 12.5. The molecule has 0 saturated carbocycles. The summed E-state index contributed by atoms with van der Waals surface area (Å²) < 4.78 is 0. The molecule has 1 spiro atoms. The van der Waals surface area contributed by atoms with Gasteiger partial charge in [0.05, 0.1) is 5.41 Å². The maximum Gasteiger partial charge on any atom is 0.0725 e. The second-order valence-electron chi connectivity index (χ2n) is 17.8. The van der Waals surface area contributed by atoms with E-state index in [-0.39, 0.29) is 5.92 Å². The average Bonchev–Trinajstić information content (AvgIpc) is 4.07. The highest BCUT2D eigenvalue weighted by Crippen LogP contribution is 2.63. The highest BCUT2D eigenvalue weighted by Gasteiger charge is 2.51. The van der Waals surface area contributed by atoms with Gasteiger partial charge in [-0.25, -0.2) is 0 Å². The zero-order valence-corrected chi connectivity index (χ0v) is 34.2. The Labute approximate surface area is 362 Å². The van der Waals surface area contributed by atoms with Gasteiger partial charge in [0.15, 0.2) is 0 Å². The lowest BCUT2D eigenvalue weighted by molar-refractivity contribution is 0.790. The number of hydrogen-bond acceptors (Lipinski definition) is 0. The first-order chi connectivity index (χ1) is 30.8. The molecule has 0 radical (unpaired) electrons. The largest absolute Gasteiger partial charge is 0.0725 e. The minimum atomic E-state index is -0.398. The first kappa shape index (κ1) is 34.2. The van der Waals surface area contributed by atoms with E-state index in [9.17, 15) is 0 Å². The molecule has 0 heterocycles. The van der Waals surface area contributed by atoms with Gasteiger partial charge in [-0.1, -0.05) is 206 Å². The summed E-state index contributed by atoms with van der Waals surface area (Å²) in [7, 11) is 0. The molecule has 0 aliphatic heterocycles. The highest BCUT2D eigenvalue weighted by molar-refractivity contribution is 6.06. The van der Waals surface area contributed by atoms with Crippen LogP contribution in [-0.4, -0.2) is 0 Å². The molecule has 10 aromatic rings. The smallest absolute Gasteiger partial charge is 0.0622 e. The molecule has 0 bridgehead atoms. The first-order valence-corrected chi connectivity index (χ1v) is 22.1. The van der Waals surface area contributed by atoms with Crippen LogP contribution in [0.4, 0.5) is 0 Å². The normalized spacial score (nSPS) is 14.4. The summed E-state index contributed by atoms with van der Waals surface area (Å²) in [5, 5.41) is 2.63. The summed E-state index contributed by atoms with van der Waals surface area (Å²) in [6, 6.07) is 80.9. The van der Waals surface area contributed by atoms with Crippen LogP contribution in [0.1, 0.15) is 67.1 Å². The maximum absolute atomic E-state index is 2.60. The van der Waals surface area contributed by atoms with Gasteiger partial charge in [-0.05, 0) is 147 Å². The molecule has 0 aromatic heterocycles. The van der Waals surface area contributed by atoms with E-state index in [4.69, 9.17) is 0 Å². The Hall–Kier alpha value is -7.54. The topological polar surface area (TPSA) is 0 Å². The first-order valence-electron chi connectivity index (χ1n) is 22.1. The van der Waals surface area contributed by atoms with Crippen molar-refractivity contribution >= 4 is 10.8 Å². The maximum atomic E-state index is 2.60. The number of benzene rings is 10. The van der Waals surface area contributed by atoms with Gasteiger partial charge in [0.1, 0.15) is 0 Å². The van der Waals surface area contributed by atoms with Gasteiger partial charge in [0, 0.05) is 5.92 Å². The van der Waals surface area contributed by atoms with Crippen LogP contribution in [0.5, 0.6) is 0 Å². The Kier molecular flexibility index (Phi) is 7.03. The van der Waals surface area contributed by atoms with Crippen molar-refractivity contribution in [3.05, 3.63) is 274 Å². The van der Waals surface area contributed by atoms with Gasteiger partial charge >= 0.3 is 0 Å². The van der Waals surface area contributed by atoms with Crippen molar-refractivity contribution in [1.29, 1.82) is 0 Å². The number of fused-ring (bicyclic) bond motifs is 17. The molecule has 0 heteroatoms. The molecule has 62 heavy (non-hydrogen) atoms. The second-order valence-corrected chi connectivity index (χ2v) is 17.8. The second kappa shape index (κ2) is 12.7. The summed E-state index contributed by atoms with van der Waals surface area (Å²) in [4.78, 5) is 0. The lowest BCUT2D eigenvalue weighted by atomic mass is 9.69. The molecule has 0 saturated heterocycles. The van der Waals surface area contributed by atoms with E-state index in [2.05, 4.69) is 212 Å². The third kappa shape index (κ3) is 4.46. The fraction of sp³-hybridized carbons (Fsp3) is 0.0645. The Morgan fingerprint density at radius 3 is 1.65 bits per heavy atom. The SMILES string of the molecule is c1ccc(C(c2ccc3c(c2)C2(c4ccccc4-c4ccccc42)c2ccccc2-3)c2cccc3c2-c2cc4ccccc4c(-c4cccc5c4Cc4ccccc4-5)c2C3)cc1. The van der Waals surface area contributed by atoms with Crippen molar-refractivity contribution < 1.29 is 0 Å². The lowest BCUT2D eigenvalue weighted by Crippen LogP contribution is -2.26. The molecule has 288 valence electrons. The van der Waals surface area contributed by atoms with Crippen LogP contribution < -0.4 is 0 Å². The Bertz CT molecular complexity index is 3470. The molecule has 0 fully saturated rings. The quantitative estimate of drug-likeness (QED) is 0.156. The van der Waals surface area contributed by atoms with Gasteiger partial charge in [0.2, 0.25) is 0 Å². The van der Waals surface area contributed by atoms with E-state index in [1.807, 2.05) is 0 Å². The Morgan fingerprint density at radius 1 is 0.323 bits per heavy atom. The zero-order chi connectivity index (χ0) is 40.5. The van der Waals surface area contributed by atoms with Crippen molar-refractivity contribution in [2.24, 2.45) is 0 Å². The van der Waals surface area contributed by atoms with Crippen LogP contribution in [0.15, 0.2) is 212 Å². The highest BCUT2D eigenvalue weighted by atomic mass is 14.5. The Balaban J connectivity index is 1.01. The standard InChI is InChI=1S/C62H40/c1-2-16-38(17-3-1)59(42-32-33-49-48-25-10-13-31-57(48)62(58(49)37-42)55-29-11-8-23-46(55)47-24-9-12-30-56(47)62)51-28-14-20-41-36-54-53(60(41)51)35-40-19-5-7-22-44(40)61(54)50-27-15-26-45-43-21-6-4-18-39(43)34-52(45)50/h1-33,35,37,59H,34,36H2. The van der Waals surface area contributed by atoms with E-state index in [1.165, 1.54) is 128 Å². The summed E-state index contributed by atoms with van der Waals surface area (Å²) in [5.74, 6) is 0.0143. The average molecular weight is 785 g/mol. The van der Waals surface area contributed by atoms with E-state index in [0.29, 0.717) is 0 Å². The van der Waals surface area contributed by atoms with E-state index < -0.39 is 5.41 Å². The minimum absolute atomic E-state index is 0.0143. The van der Waals surface area contributed by atoms with Crippen molar-refractivity contribution in [2.75, 3.05) is 0 Å². The van der Waals surface area contributed by atoms with E-state index in [1.54, 1.807) is 0 Å². The monoisotopic (exact) mass is 784 g/mol. The van der Waals surface area contributed by atoms with Crippen molar-refractivity contribution in [2.45, 2.75) is 24.2 Å². The van der Waals surface area contributed by atoms with Crippen LogP contribution in [0.2, 0.25) is 0 Å². The minimum Gasteiger partial charge on any atom is -0.0622 e. The van der Waals surface area contributed by atoms with E-state index in [0.717, 1.165) is 12.8 Å². The molecule has 1 unspecified atom stereocenters. The van der Waals surface area contributed by atoms with Crippen LogP contribution in [0.25, 0.3) is 66.4 Å². The van der Waals surface area contributed by atoms with Gasteiger partial charge in [-0.3, -0.25) is 0 Å². The van der Waals surface area contributed by atoms with E-state index >= 15 is 0 Å². The summed E-state index contributed by atoms with van der Waals surface area (Å²) in [6.07, 6.45) is 1.87. The van der Waals surface area contributed by atoms with Crippen molar-refractivity contribution in [1.82, 2.24) is 0 Å². The lowest BCUT2D eigenvalue weighted by Gasteiger charge is -2.31. The molecule has 4 aliphatic carbocycles. The van der Waals surface area contributed by atoms with Crippen molar-refractivity contribution in [3.8, 4) is 55.6 Å². The Morgan fingerprint density at radius 2 is 0.887 bits per heavy atom. The van der Waals surface area contributed by atoms with Crippen molar-refractivity contribution in [3.63, 3.8) is 0 Å². The summed E-state index contributed by atoms with van der Waals surface area (Å²) in [5.41, 5.74) is 28.5. The molecule has 0 amide bonds. The van der Waals surface area contributed by atoms with Gasteiger partial charge < -0.3 is 0 Å². The molecular formula is C62H40. The zero-order valence-electron chi connectivity index (χ0n) is 34.2. The predicted molar refractivity (Wildman–Crippen MR) is 256 cm³/mol. The van der Waals surface area contributed by atoms with Gasteiger partial charge in [-0.2, -0.15) is 0 Å². The van der Waals surface area contributed by atoms with Crippen LogP contribution in [0.3, 0.4) is 0 Å². The predicted octanol–water partition coefficient (Wildman–Crippen LogP) is 15.2. The molecule has 0 N–H and O–H groups in total. The fourth-order valence-electron chi connectivity index (χ4n) is 12.5. The summed E-state index contributed by atoms with van der Waals surface area (Å²) in [6.45, 7) is 0. The molecule has 10 aromatic carbocycles. The number of hydrogen-bond donors (Lipinski definition) is 0. The van der Waals surface area contributed by atoms with Crippen LogP contribution >= 0.6 is 0 Å².